The van der Waals surface area contributed by atoms with Crippen LogP contribution in [-0.2, 0) is 4.79 Å². The second kappa shape index (κ2) is 5.14. The van der Waals surface area contributed by atoms with Crippen molar-refractivity contribution < 1.29 is 4.79 Å². The fourth-order valence-corrected chi connectivity index (χ4v) is 2.72. The van der Waals surface area contributed by atoms with Crippen LogP contribution in [0.3, 0.4) is 0 Å². The van der Waals surface area contributed by atoms with Crippen LogP contribution in [0.15, 0.2) is 0 Å². The summed E-state index contributed by atoms with van der Waals surface area (Å²) < 4.78 is 0. The molecule has 1 aliphatic carbocycles. The van der Waals surface area contributed by atoms with Crippen LogP contribution in [0.2, 0.25) is 0 Å². The van der Waals surface area contributed by atoms with Crippen molar-refractivity contribution in [3.63, 3.8) is 0 Å². The maximum absolute atomic E-state index is 12.2. The van der Waals surface area contributed by atoms with Crippen molar-refractivity contribution in [2.45, 2.75) is 66.2 Å². The standard InChI is InChI=1S/C14H26O/c1-5-11(2)10-13(15)12-8-6-7-9-14(12,3)4/h11-12H,5-10H2,1-4H3. The molecule has 0 aromatic rings. The van der Waals surface area contributed by atoms with E-state index < -0.39 is 0 Å². The van der Waals surface area contributed by atoms with E-state index in [1.165, 1.54) is 19.3 Å². The van der Waals surface area contributed by atoms with E-state index in [2.05, 4.69) is 27.7 Å². The molecule has 1 rings (SSSR count). The van der Waals surface area contributed by atoms with Crippen LogP contribution < -0.4 is 0 Å². The molecule has 0 heterocycles. The zero-order valence-electron chi connectivity index (χ0n) is 10.8. The minimum absolute atomic E-state index is 0.253. The van der Waals surface area contributed by atoms with E-state index in [-0.39, 0.29) is 5.41 Å². The van der Waals surface area contributed by atoms with Gasteiger partial charge in [-0.1, -0.05) is 47.0 Å². The van der Waals surface area contributed by atoms with Gasteiger partial charge in [0.1, 0.15) is 5.78 Å². The van der Waals surface area contributed by atoms with Crippen molar-refractivity contribution in [2.24, 2.45) is 17.3 Å². The first-order chi connectivity index (χ1) is 6.97. The maximum Gasteiger partial charge on any atom is 0.136 e. The van der Waals surface area contributed by atoms with E-state index in [0.717, 1.165) is 19.3 Å². The quantitative estimate of drug-likeness (QED) is 0.679. The van der Waals surface area contributed by atoms with Crippen molar-refractivity contribution in [1.82, 2.24) is 0 Å². The number of ketones is 1. The van der Waals surface area contributed by atoms with E-state index in [4.69, 9.17) is 0 Å². The molecule has 88 valence electrons. The van der Waals surface area contributed by atoms with Gasteiger partial charge in [-0.2, -0.15) is 0 Å². The van der Waals surface area contributed by atoms with Gasteiger partial charge in [0.05, 0.1) is 0 Å². The fourth-order valence-electron chi connectivity index (χ4n) is 2.72. The molecule has 0 amide bonds. The number of Topliss-reactive ketones (excluding diaryl/α,β-unsaturated/α-hetero) is 1. The minimum Gasteiger partial charge on any atom is -0.299 e. The molecule has 0 radical (unpaired) electrons. The molecule has 1 aliphatic rings. The Hall–Kier alpha value is -0.330. The van der Waals surface area contributed by atoms with E-state index >= 15 is 0 Å². The van der Waals surface area contributed by atoms with Crippen LogP contribution in [0, 0.1) is 17.3 Å². The van der Waals surface area contributed by atoms with Gasteiger partial charge >= 0.3 is 0 Å². The molecule has 2 atom stereocenters. The normalized spacial score (nSPS) is 27.3. The number of carbonyl (C=O) groups excluding carboxylic acids is 1. The largest absolute Gasteiger partial charge is 0.299 e. The van der Waals surface area contributed by atoms with Gasteiger partial charge in [-0.15, -0.1) is 0 Å². The molecule has 15 heavy (non-hydrogen) atoms. The number of rotatable bonds is 4. The molecule has 0 aromatic carbocycles. The second-order valence-electron chi connectivity index (χ2n) is 5.97. The summed E-state index contributed by atoms with van der Waals surface area (Å²) in [7, 11) is 0. The lowest BCUT2D eigenvalue weighted by Crippen LogP contribution is -2.34. The van der Waals surface area contributed by atoms with Gasteiger partial charge in [0.2, 0.25) is 0 Å². The van der Waals surface area contributed by atoms with E-state index in [1.54, 1.807) is 0 Å². The highest BCUT2D eigenvalue weighted by Gasteiger charge is 2.36. The molecule has 2 unspecified atom stereocenters. The lowest BCUT2D eigenvalue weighted by Gasteiger charge is -2.38. The van der Waals surface area contributed by atoms with E-state index in [9.17, 15) is 4.79 Å². The van der Waals surface area contributed by atoms with Crippen LogP contribution in [0.25, 0.3) is 0 Å². The van der Waals surface area contributed by atoms with Crippen molar-refractivity contribution in [1.29, 1.82) is 0 Å². The first-order valence-corrected chi connectivity index (χ1v) is 6.50. The minimum atomic E-state index is 0.253. The molecule has 0 saturated heterocycles. The van der Waals surface area contributed by atoms with Crippen LogP contribution in [0.4, 0.5) is 0 Å². The topological polar surface area (TPSA) is 17.1 Å². The smallest absolute Gasteiger partial charge is 0.136 e. The summed E-state index contributed by atoms with van der Waals surface area (Å²) in [5.74, 6) is 1.42. The molecular weight excluding hydrogens is 184 g/mol. The van der Waals surface area contributed by atoms with Crippen molar-refractivity contribution in [2.75, 3.05) is 0 Å². The summed E-state index contributed by atoms with van der Waals surface area (Å²) in [4.78, 5) is 12.2. The summed E-state index contributed by atoms with van der Waals surface area (Å²) >= 11 is 0. The van der Waals surface area contributed by atoms with Gasteiger partial charge in [0.25, 0.3) is 0 Å². The molecule has 1 heteroatoms. The molecular formula is C14H26O. The summed E-state index contributed by atoms with van der Waals surface area (Å²) in [5, 5.41) is 0. The van der Waals surface area contributed by atoms with Crippen molar-refractivity contribution >= 4 is 5.78 Å². The lowest BCUT2D eigenvalue weighted by atomic mass is 9.66. The predicted octanol–water partition coefficient (Wildman–Crippen LogP) is 4.21. The summed E-state index contributed by atoms with van der Waals surface area (Å²) in [5.41, 5.74) is 0.253. The van der Waals surface area contributed by atoms with Crippen LogP contribution in [0.5, 0.6) is 0 Å². The number of carbonyl (C=O) groups is 1. The Morgan fingerprint density at radius 1 is 1.40 bits per heavy atom. The fraction of sp³-hybridized carbons (Fsp3) is 0.929. The molecule has 1 nitrogen and oxygen atoms in total. The zero-order chi connectivity index (χ0) is 11.5. The third-order valence-corrected chi connectivity index (χ3v) is 4.14. The molecule has 0 aliphatic heterocycles. The molecule has 1 fully saturated rings. The second-order valence-corrected chi connectivity index (χ2v) is 5.97. The van der Waals surface area contributed by atoms with Crippen LogP contribution in [-0.4, -0.2) is 5.78 Å². The highest BCUT2D eigenvalue weighted by molar-refractivity contribution is 5.82. The molecule has 0 aromatic heterocycles. The molecule has 0 N–H and O–H groups in total. The Morgan fingerprint density at radius 2 is 2.07 bits per heavy atom. The third kappa shape index (κ3) is 3.32. The predicted molar refractivity (Wildman–Crippen MR) is 64.8 cm³/mol. The summed E-state index contributed by atoms with van der Waals surface area (Å²) in [6, 6.07) is 0. The van der Waals surface area contributed by atoms with Crippen molar-refractivity contribution in [3.05, 3.63) is 0 Å². The van der Waals surface area contributed by atoms with Gasteiger partial charge in [-0.05, 0) is 24.2 Å². The first-order valence-electron chi connectivity index (χ1n) is 6.50. The third-order valence-electron chi connectivity index (χ3n) is 4.14. The Bertz CT molecular complexity index is 217. The SMILES string of the molecule is CCC(C)CC(=O)C1CCCCC1(C)C. The Balaban J connectivity index is 2.57. The summed E-state index contributed by atoms with van der Waals surface area (Å²) in [6.45, 7) is 8.90. The highest BCUT2D eigenvalue weighted by Crippen LogP contribution is 2.41. The van der Waals surface area contributed by atoms with Gasteiger partial charge in [-0.3, -0.25) is 4.79 Å². The monoisotopic (exact) mass is 210 g/mol. The Kier molecular flexibility index (Phi) is 4.36. The first kappa shape index (κ1) is 12.7. The van der Waals surface area contributed by atoms with E-state index in [1.807, 2.05) is 0 Å². The summed E-state index contributed by atoms with van der Waals surface area (Å²) in [6.07, 6.45) is 6.83. The highest BCUT2D eigenvalue weighted by atomic mass is 16.1. The van der Waals surface area contributed by atoms with Crippen molar-refractivity contribution in [3.8, 4) is 0 Å². The van der Waals surface area contributed by atoms with Gasteiger partial charge < -0.3 is 0 Å². The van der Waals surface area contributed by atoms with Gasteiger partial charge in [0, 0.05) is 12.3 Å². The average molecular weight is 210 g/mol. The Morgan fingerprint density at radius 3 is 2.60 bits per heavy atom. The van der Waals surface area contributed by atoms with Gasteiger partial charge in [-0.25, -0.2) is 0 Å². The molecule has 0 spiro atoms. The molecule has 1 saturated carbocycles. The lowest BCUT2D eigenvalue weighted by molar-refractivity contribution is -0.128. The zero-order valence-corrected chi connectivity index (χ0v) is 10.8. The number of hydrogen-bond donors (Lipinski definition) is 0. The van der Waals surface area contributed by atoms with Crippen LogP contribution in [0.1, 0.15) is 66.2 Å². The van der Waals surface area contributed by atoms with Gasteiger partial charge in [0.15, 0.2) is 0 Å². The van der Waals surface area contributed by atoms with E-state index in [0.29, 0.717) is 17.6 Å². The maximum atomic E-state index is 12.2. The van der Waals surface area contributed by atoms with Crippen LogP contribution >= 0.6 is 0 Å². The Labute approximate surface area is 94.6 Å². The number of hydrogen-bond acceptors (Lipinski definition) is 1. The average Bonchev–Trinajstić information content (AvgIpc) is 2.16. The molecule has 0 bridgehead atoms.